The highest BCUT2D eigenvalue weighted by Gasteiger charge is 2.35. The summed E-state index contributed by atoms with van der Waals surface area (Å²) in [6, 6.07) is 3.71. The second kappa shape index (κ2) is 5.97. The number of likely N-dealkylation sites (tertiary alicyclic amines) is 1. The molecular weight excluding hydrogens is 258 g/mol. The molecule has 1 aromatic heterocycles. The minimum Gasteiger partial charge on any atom is -0.463 e. The van der Waals surface area contributed by atoms with Crippen molar-refractivity contribution in [3.63, 3.8) is 0 Å². The Kier molecular flexibility index (Phi) is 4.50. The number of esters is 1. The maximum Gasteiger partial charge on any atom is 0.373 e. The Morgan fingerprint density at radius 3 is 2.80 bits per heavy atom. The zero-order chi connectivity index (χ0) is 14.8. The Balaban J connectivity index is 2.14. The monoisotopic (exact) mass is 281 g/mol. The molecule has 1 aliphatic heterocycles. The van der Waals surface area contributed by atoms with Gasteiger partial charge in [-0.05, 0) is 51.8 Å². The molecule has 1 aliphatic rings. The van der Waals surface area contributed by atoms with Gasteiger partial charge in [-0.3, -0.25) is 0 Å². The maximum atomic E-state index is 11.4. The SMILES string of the molecule is COC(=O)c1ccc(C2(O)CCCN(C(C)C)CC2)o1. The normalized spacial score (nSPS) is 24.6. The van der Waals surface area contributed by atoms with Crippen molar-refractivity contribution in [3.8, 4) is 0 Å². The number of carbonyl (C=O) groups excluding carboxylic acids is 1. The van der Waals surface area contributed by atoms with E-state index in [-0.39, 0.29) is 5.76 Å². The molecule has 0 aromatic carbocycles. The Morgan fingerprint density at radius 1 is 1.40 bits per heavy atom. The lowest BCUT2D eigenvalue weighted by Gasteiger charge is -2.26. The number of hydrogen-bond donors (Lipinski definition) is 1. The van der Waals surface area contributed by atoms with Crippen LogP contribution in [0.4, 0.5) is 0 Å². The third kappa shape index (κ3) is 3.04. The minimum atomic E-state index is -0.990. The molecule has 2 heterocycles. The maximum absolute atomic E-state index is 11.4. The predicted molar refractivity (Wildman–Crippen MR) is 74.5 cm³/mol. The van der Waals surface area contributed by atoms with Crippen LogP contribution in [0.1, 0.15) is 49.4 Å². The summed E-state index contributed by atoms with van der Waals surface area (Å²) in [4.78, 5) is 13.8. The molecule has 5 heteroatoms. The fourth-order valence-corrected chi connectivity index (χ4v) is 2.70. The van der Waals surface area contributed by atoms with E-state index in [9.17, 15) is 9.90 Å². The van der Waals surface area contributed by atoms with E-state index < -0.39 is 11.6 Å². The largest absolute Gasteiger partial charge is 0.463 e. The number of methoxy groups -OCH3 is 1. The quantitative estimate of drug-likeness (QED) is 0.860. The highest BCUT2D eigenvalue weighted by atomic mass is 16.5. The molecule has 112 valence electrons. The van der Waals surface area contributed by atoms with E-state index in [0.29, 0.717) is 24.6 Å². The second-order valence-corrected chi connectivity index (χ2v) is 5.67. The van der Waals surface area contributed by atoms with Crippen molar-refractivity contribution in [2.45, 2.75) is 44.8 Å². The molecule has 1 fully saturated rings. The number of nitrogens with zero attached hydrogens (tertiary/aromatic N) is 1. The molecule has 1 N–H and O–H groups in total. The van der Waals surface area contributed by atoms with Gasteiger partial charge in [0.25, 0.3) is 0 Å². The number of ether oxygens (including phenoxy) is 1. The van der Waals surface area contributed by atoms with Gasteiger partial charge in [-0.1, -0.05) is 0 Å². The van der Waals surface area contributed by atoms with Gasteiger partial charge in [-0.15, -0.1) is 0 Å². The lowest BCUT2D eigenvalue weighted by Crippen LogP contribution is -2.33. The lowest BCUT2D eigenvalue weighted by atomic mass is 9.92. The molecule has 1 unspecified atom stereocenters. The number of rotatable bonds is 3. The molecule has 20 heavy (non-hydrogen) atoms. The zero-order valence-corrected chi connectivity index (χ0v) is 12.4. The van der Waals surface area contributed by atoms with Crippen molar-refractivity contribution in [1.29, 1.82) is 0 Å². The highest BCUT2D eigenvalue weighted by molar-refractivity contribution is 5.86. The fourth-order valence-electron chi connectivity index (χ4n) is 2.70. The molecular formula is C15H23NO4. The van der Waals surface area contributed by atoms with Gasteiger partial charge in [-0.25, -0.2) is 4.79 Å². The topological polar surface area (TPSA) is 62.9 Å². The Labute approximate surface area is 119 Å². The molecule has 0 saturated carbocycles. The second-order valence-electron chi connectivity index (χ2n) is 5.67. The standard InChI is InChI=1S/C15H23NO4/c1-11(2)16-9-4-7-15(18,8-10-16)13-6-5-12(20-13)14(17)19-3/h5-6,11,18H,4,7-10H2,1-3H3. The third-order valence-corrected chi connectivity index (χ3v) is 4.03. The van der Waals surface area contributed by atoms with Gasteiger partial charge in [0.15, 0.2) is 0 Å². The first-order valence-corrected chi connectivity index (χ1v) is 7.11. The first-order chi connectivity index (χ1) is 9.46. The molecule has 0 aliphatic carbocycles. The van der Waals surface area contributed by atoms with Crippen LogP contribution in [0, 0.1) is 0 Å². The van der Waals surface area contributed by atoms with Gasteiger partial charge in [0.1, 0.15) is 11.4 Å². The average molecular weight is 281 g/mol. The predicted octanol–water partition coefficient (Wildman–Crippen LogP) is 2.15. The zero-order valence-electron chi connectivity index (χ0n) is 12.4. The molecule has 2 rings (SSSR count). The first-order valence-electron chi connectivity index (χ1n) is 7.11. The smallest absolute Gasteiger partial charge is 0.373 e. The molecule has 1 saturated heterocycles. The highest BCUT2D eigenvalue weighted by Crippen LogP contribution is 2.34. The van der Waals surface area contributed by atoms with Crippen molar-refractivity contribution >= 4 is 5.97 Å². The summed E-state index contributed by atoms with van der Waals surface area (Å²) in [6.45, 7) is 6.12. The molecule has 1 aromatic rings. The van der Waals surface area contributed by atoms with Crippen molar-refractivity contribution in [2.75, 3.05) is 20.2 Å². The molecule has 0 spiro atoms. The van der Waals surface area contributed by atoms with Gasteiger partial charge in [0, 0.05) is 12.6 Å². The van der Waals surface area contributed by atoms with E-state index >= 15 is 0 Å². The van der Waals surface area contributed by atoms with Crippen LogP contribution in [-0.2, 0) is 10.3 Å². The van der Waals surface area contributed by atoms with E-state index in [1.165, 1.54) is 7.11 Å². The Bertz CT molecular complexity index is 468. The van der Waals surface area contributed by atoms with Gasteiger partial charge in [0.2, 0.25) is 5.76 Å². The summed E-state index contributed by atoms with van der Waals surface area (Å²) in [5, 5.41) is 10.8. The lowest BCUT2D eigenvalue weighted by molar-refractivity contribution is -0.00173. The number of furan rings is 1. The van der Waals surface area contributed by atoms with E-state index in [1.54, 1.807) is 12.1 Å². The molecule has 0 amide bonds. The van der Waals surface area contributed by atoms with E-state index in [2.05, 4.69) is 23.5 Å². The van der Waals surface area contributed by atoms with Crippen molar-refractivity contribution in [2.24, 2.45) is 0 Å². The summed E-state index contributed by atoms with van der Waals surface area (Å²) < 4.78 is 10.1. The van der Waals surface area contributed by atoms with Crippen molar-refractivity contribution < 1.29 is 19.1 Å². The van der Waals surface area contributed by atoms with Gasteiger partial charge < -0.3 is 19.2 Å². The Hall–Kier alpha value is -1.33. The third-order valence-electron chi connectivity index (χ3n) is 4.03. The summed E-state index contributed by atoms with van der Waals surface area (Å²) in [7, 11) is 1.31. The summed E-state index contributed by atoms with van der Waals surface area (Å²) >= 11 is 0. The first kappa shape index (κ1) is 15.1. The van der Waals surface area contributed by atoms with Gasteiger partial charge in [0.05, 0.1) is 7.11 Å². The van der Waals surface area contributed by atoms with Crippen LogP contribution in [0.3, 0.4) is 0 Å². The number of hydrogen-bond acceptors (Lipinski definition) is 5. The van der Waals surface area contributed by atoms with E-state index in [0.717, 1.165) is 19.5 Å². The van der Waals surface area contributed by atoms with Gasteiger partial charge in [-0.2, -0.15) is 0 Å². The van der Waals surface area contributed by atoms with Crippen LogP contribution in [0.15, 0.2) is 16.5 Å². The summed E-state index contributed by atoms with van der Waals surface area (Å²) in [5.74, 6) is 0.0849. The molecule has 0 radical (unpaired) electrons. The number of carbonyl (C=O) groups is 1. The molecule has 1 atom stereocenters. The summed E-state index contributed by atoms with van der Waals surface area (Å²) in [5.41, 5.74) is -0.990. The van der Waals surface area contributed by atoms with Crippen LogP contribution in [0.2, 0.25) is 0 Å². The Morgan fingerprint density at radius 2 is 2.15 bits per heavy atom. The number of aliphatic hydroxyl groups is 1. The fraction of sp³-hybridized carbons (Fsp3) is 0.667. The van der Waals surface area contributed by atoms with E-state index in [4.69, 9.17) is 4.42 Å². The van der Waals surface area contributed by atoms with Crippen LogP contribution >= 0.6 is 0 Å². The van der Waals surface area contributed by atoms with Crippen LogP contribution in [-0.4, -0.2) is 42.2 Å². The van der Waals surface area contributed by atoms with Crippen molar-refractivity contribution in [1.82, 2.24) is 4.90 Å². The molecule has 5 nitrogen and oxygen atoms in total. The molecule has 0 bridgehead atoms. The van der Waals surface area contributed by atoms with Gasteiger partial charge >= 0.3 is 5.97 Å². The van der Waals surface area contributed by atoms with E-state index in [1.807, 2.05) is 0 Å². The van der Waals surface area contributed by atoms with Crippen molar-refractivity contribution in [3.05, 3.63) is 23.7 Å². The average Bonchev–Trinajstić information content (AvgIpc) is 2.83. The minimum absolute atomic E-state index is 0.140. The van der Waals surface area contributed by atoms with Crippen LogP contribution < -0.4 is 0 Å². The van der Waals surface area contributed by atoms with Crippen LogP contribution in [0.25, 0.3) is 0 Å². The van der Waals surface area contributed by atoms with Crippen LogP contribution in [0.5, 0.6) is 0 Å². The summed E-state index contributed by atoms with van der Waals surface area (Å²) in [6.07, 6.45) is 2.16.